The molecular formula is C14H26N2O2. The van der Waals surface area contributed by atoms with E-state index in [1.54, 1.807) is 0 Å². The van der Waals surface area contributed by atoms with Crippen molar-refractivity contribution >= 4 is 5.97 Å². The molecule has 2 unspecified atom stereocenters. The zero-order valence-corrected chi connectivity index (χ0v) is 11.5. The van der Waals surface area contributed by atoms with Gasteiger partial charge in [0, 0.05) is 6.04 Å². The minimum atomic E-state index is -0.616. The van der Waals surface area contributed by atoms with Gasteiger partial charge in [-0.15, -0.1) is 0 Å². The molecule has 4 heteroatoms. The van der Waals surface area contributed by atoms with E-state index in [9.17, 15) is 9.90 Å². The summed E-state index contributed by atoms with van der Waals surface area (Å²) < 4.78 is 0. The summed E-state index contributed by atoms with van der Waals surface area (Å²) in [5, 5.41) is 9.43. The Morgan fingerprint density at radius 3 is 2.61 bits per heavy atom. The molecule has 104 valence electrons. The molecule has 4 nitrogen and oxygen atoms in total. The Hall–Kier alpha value is -0.610. The van der Waals surface area contributed by atoms with Crippen molar-refractivity contribution in [2.45, 2.75) is 57.0 Å². The third kappa shape index (κ3) is 3.45. The van der Waals surface area contributed by atoms with Crippen molar-refractivity contribution in [3.8, 4) is 0 Å². The Morgan fingerprint density at radius 2 is 1.83 bits per heavy atom. The molecule has 2 saturated heterocycles. The van der Waals surface area contributed by atoms with E-state index in [0.717, 1.165) is 51.7 Å². The fourth-order valence-corrected chi connectivity index (χ4v) is 3.39. The van der Waals surface area contributed by atoms with Crippen LogP contribution in [0, 0.1) is 0 Å². The van der Waals surface area contributed by atoms with Crippen LogP contribution in [0.4, 0.5) is 0 Å². The fraction of sp³-hybridized carbons (Fsp3) is 0.929. The van der Waals surface area contributed by atoms with Crippen molar-refractivity contribution in [1.82, 2.24) is 9.80 Å². The molecule has 2 rings (SSSR count). The van der Waals surface area contributed by atoms with Gasteiger partial charge in [0.15, 0.2) is 0 Å². The molecule has 2 atom stereocenters. The predicted molar refractivity (Wildman–Crippen MR) is 71.7 cm³/mol. The lowest BCUT2D eigenvalue weighted by atomic mass is 10.0. The maximum absolute atomic E-state index is 11.5. The third-order valence-electron chi connectivity index (χ3n) is 4.47. The summed E-state index contributed by atoms with van der Waals surface area (Å²) in [6, 6.07) is 0.245. The summed E-state index contributed by atoms with van der Waals surface area (Å²) in [4.78, 5) is 16.1. The number of carbonyl (C=O) groups is 1. The van der Waals surface area contributed by atoms with E-state index < -0.39 is 5.97 Å². The van der Waals surface area contributed by atoms with E-state index in [4.69, 9.17) is 0 Å². The van der Waals surface area contributed by atoms with Gasteiger partial charge in [0.2, 0.25) is 0 Å². The Labute approximate surface area is 110 Å². The van der Waals surface area contributed by atoms with Gasteiger partial charge >= 0.3 is 5.97 Å². The minimum absolute atomic E-state index is 0.235. The number of nitrogens with zero attached hydrogens (tertiary/aromatic N) is 2. The molecule has 2 aliphatic rings. The van der Waals surface area contributed by atoms with Crippen LogP contribution in [0.5, 0.6) is 0 Å². The Kier molecular flexibility index (Phi) is 5.01. The van der Waals surface area contributed by atoms with Gasteiger partial charge in [-0.1, -0.05) is 12.8 Å². The highest BCUT2D eigenvalue weighted by Gasteiger charge is 2.32. The van der Waals surface area contributed by atoms with Gasteiger partial charge in [-0.3, -0.25) is 9.69 Å². The second kappa shape index (κ2) is 6.53. The smallest absolute Gasteiger partial charge is 0.320 e. The van der Waals surface area contributed by atoms with E-state index in [0.29, 0.717) is 6.04 Å². The Morgan fingerprint density at radius 1 is 1.00 bits per heavy atom. The quantitative estimate of drug-likeness (QED) is 0.816. The van der Waals surface area contributed by atoms with E-state index in [1.165, 1.54) is 12.8 Å². The van der Waals surface area contributed by atoms with Crippen molar-refractivity contribution in [1.29, 1.82) is 0 Å². The fourth-order valence-electron chi connectivity index (χ4n) is 3.39. The number of carboxylic acid groups (broad SMARTS) is 1. The summed E-state index contributed by atoms with van der Waals surface area (Å²) in [5.74, 6) is -0.616. The molecular weight excluding hydrogens is 228 g/mol. The molecule has 0 aromatic carbocycles. The first-order valence-corrected chi connectivity index (χ1v) is 7.35. The molecule has 0 radical (unpaired) electrons. The first-order valence-electron chi connectivity index (χ1n) is 7.35. The zero-order valence-electron chi connectivity index (χ0n) is 11.5. The summed E-state index contributed by atoms with van der Waals surface area (Å²) in [6.45, 7) is 3.24. The number of rotatable bonds is 2. The molecule has 0 spiro atoms. The standard InChI is InChI=1S/C14H26N2O2/c1-15-9-5-6-12(8-11-15)16-10-4-2-3-7-13(16)14(17)18/h12-13H,2-11H2,1H3,(H,17,18). The molecule has 18 heavy (non-hydrogen) atoms. The van der Waals surface area contributed by atoms with Crippen LogP contribution in [0.25, 0.3) is 0 Å². The number of hydrogen-bond donors (Lipinski definition) is 1. The predicted octanol–water partition coefficient (Wildman–Crippen LogP) is 1.80. The van der Waals surface area contributed by atoms with Crippen LogP contribution in [0.1, 0.15) is 44.9 Å². The van der Waals surface area contributed by atoms with Crippen LogP contribution in [0.3, 0.4) is 0 Å². The highest BCUT2D eigenvalue weighted by atomic mass is 16.4. The maximum Gasteiger partial charge on any atom is 0.320 e. The second-order valence-corrected chi connectivity index (χ2v) is 5.83. The highest BCUT2D eigenvalue weighted by molar-refractivity contribution is 5.73. The largest absolute Gasteiger partial charge is 0.480 e. The van der Waals surface area contributed by atoms with Crippen LogP contribution in [-0.2, 0) is 4.79 Å². The molecule has 0 aliphatic carbocycles. The van der Waals surface area contributed by atoms with E-state index >= 15 is 0 Å². The van der Waals surface area contributed by atoms with Crippen LogP contribution >= 0.6 is 0 Å². The lowest BCUT2D eigenvalue weighted by molar-refractivity contribution is -0.144. The highest BCUT2D eigenvalue weighted by Crippen LogP contribution is 2.24. The number of aliphatic carboxylic acids is 1. The second-order valence-electron chi connectivity index (χ2n) is 5.83. The molecule has 2 aliphatic heterocycles. The maximum atomic E-state index is 11.5. The lowest BCUT2D eigenvalue weighted by Crippen LogP contribution is -2.47. The number of hydrogen-bond acceptors (Lipinski definition) is 3. The molecule has 1 N–H and O–H groups in total. The number of likely N-dealkylation sites (tertiary alicyclic amines) is 2. The van der Waals surface area contributed by atoms with E-state index in [-0.39, 0.29) is 6.04 Å². The summed E-state index contributed by atoms with van der Waals surface area (Å²) in [7, 11) is 2.17. The zero-order chi connectivity index (χ0) is 13.0. The van der Waals surface area contributed by atoms with Crippen molar-refractivity contribution in [3.63, 3.8) is 0 Å². The molecule has 0 aromatic heterocycles. The first kappa shape index (κ1) is 13.8. The molecule has 0 saturated carbocycles. The van der Waals surface area contributed by atoms with Crippen molar-refractivity contribution < 1.29 is 9.90 Å². The summed E-state index contributed by atoms with van der Waals surface area (Å²) >= 11 is 0. The third-order valence-corrected chi connectivity index (χ3v) is 4.47. The Balaban J connectivity index is 2.04. The number of carboxylic acids is 1. The molecule has 0 amide bonds. The van der Waals surface area contributed by atoms with E-state index in [2.05, 4.69) is 16.8 Å². The summed E-state index contributed by atoms with van der Waals surface area (Å²) in [6.07, 6.45) is 7.74. The van der Waals surface area contributed by atoms with Gasteiger partial charge in [0.25, 0.3) is 0 Å². The lowest BCUT2D eigenvalue weighted by Gasteiger charge is -2.34. The van der Waals surface area contributed by atoms with Crippen molar-refractivity contribution in [3.05, 3.63) is 0 Å². The van der Waals surface area contributed by atoms with Gasteiger partial charge < -0.3 is 10.0 Å². The van der Waals surface area contributed by atoms with Crippen LogP contribution in [0.15, 0.2) is 0 Å². The monoisotopic (exact) mass is 254 g/mol. The van der Waals surface area contributed by atoms with Gasteiger partial charge in [-0.2, -0.15) is 0 Å². The normalized spacial score (nSPS) is 32.7. The minimum Gasteiger partial charge on any atom is -0.480 e. The topological polar surface area (TPSA) is 43.8 Å². The van der Waals surface area contributed by atoms with Crippen LogP contribution in [-0.4, -0.2) is 59.6 Å². The SMILES string of the molecule is CN1CCCC(N2CCCCCC2C(=O)O)CC1. The molecule has 2 heterocycles. The van der Waals surface area contributed by atoms with Gasteiger partial charge in [-0.25, -0.2) is 0 Å². The average Bonchev–Trinajstić information content (AvgIpc) is 2.68. The first-order chi connectivity index (χ1) is 8.68. The summed E-state index contributed by atoms with van der Waals surface area (Å²) in [5.41, 5.74) is 0. The van der Waals surface area contributed by atoms with Crippen molar-refractivity contribution in [2.24, 2.45) is 0 Å². The van der Waals surface area contributed by atoms with Gasteiger partial charge in [-0.05, 0) is 58.8 Å². The van der Waals surface area contributed by atoms with Gasteiger partial charge in [0.05, 0.1) is 0 Å². The van der Waals surface area contributed by atoms with Crippen LogP contribution < -0.4 is 0 Å². The Bertz CT molecular complexity index is 283. The molecule has 2 fully saturated rings. The van der Waals surface area contributed by atoms with Crippen LogP contribution in [0.2, 0.25) is 0 Å². The molecule has 0 bridgehead atoms. The average molecular weight is 254 g/mol. The van der Waals surface area contributed by atoms with Crippen molar-refractivity contribution in [2.75, 3.05) is 26.7 Å². The van der Waals surface area contributed by atoms with E-state index in [1.807, 2.05) is 0 Å². The molecule has 0 aromatic rings. The van der Waals surface area contributed by atoms with Gasteiger partial charge in [0.1, 0.15) is 6.04 Å².